The summed E-state index contributed by atoms with van der Waals surface area (Å²) in [5, 5.41) is 8.06. The molecular formula is C12H14N4. The van der Waals surface area contributed by atoms with Crippen molar-refractivity contribution in [3.63, 3.8) is 0 Å². The van der Waals surface area contributed by atoms with Crippen LogP contribution < -0.4 is 10.9 Å². The Morgan fingerprint density at radius 3 is 2.69 bits per heavy atom. The number of hydrazine groups is 1. The van der Waals surface area contributed by atoms with E-state index in [-0.39, 0.29) is 0 Å². The lowest BCUT2D eigenvalue weighted by atomic mass is 10.1. The number of hydrogen-bond acceptors (Lipinski definition) is 4. The molecule has 0 saturated heterocycles. The Hall–Kier alpha value is -1.94. The fraction of sp³-hybridized carbons (Fsp3) is 0.167. The van der Waals surface area contributed by atoms with E-state index in [0.29, 0.717) is 0 Å². The van der Waals surface area contributed by atoms with Crippen LogP contribution in [-0.2, 0) is 0 Å². The van der Waals surface area contributed by atoms with Crippen LogP contribution in [0.25, 0.3) is 11.3 Å². The number of rotatable bonds is 4. The van der Waals surface area contributed by atoms with E-state index in [1.54, 1.807) is 6.20 Å². The van der Waals surface area contributed by atoms with E-state index in [1.807, 2.05) is 43.3 Å². The largest absolute Gasteiger partial charge is 0.319 e. The average Bonchev–Trinajstić information content (AvgIpc) is 2.38. The van der Waals surface area contributed by atoms with Gasteiger partial charge in [0.1, 0.15) is 5.69 Å². The van der Waals surface area contributed by atoms with Crippen molar-refractivity contribution < 1.29 is 0 Å². The van der Waals surface area contributed by atoms with E-state index in [9.17, 15) is 0 Å². The number of nitrogens with zero attached hydrogens (tertiary/aromatic N) is 2. The average molecular weight is 214 g/mol. The maximum atomic E-state index is 4.15. The second kappa shape index (κ2) is 5.23. The van der Waals surface area contributed by atoms with Gasteiger partial charge in [0.2, 0.25) is 0 Å². The number of hydrogen-bond donors (Lipinski definition) is 2. The van der Waals surface area contributed by atoms with Gasteiger partial charge in [0.05, 0.1) is 11.9 Å². The Labute approximate surface area is 94.7 Å². The number of nitrogens with one attached hydrogen (secondary N) is 2. The van der Waals surface area contributed by atoms with Crippen LogP contribution >= 0.6 is 0 Å². The Kier molecular flexibility index (Phi) is 3.46. The molecule has 0 unspecified atom stereocenters. The normalized spacial score (nSPS) is 10.1. The smallest absolute Gasteiger partial charge is 0.117 e. The molecule has 0 amide bonds. The molecule has 0 fully saturated rings. The lowest BCUT2D eigenvalue weighted by Gasteiger charge is -2.10. The predicted octanol–water partition coefficient (Wildman–Crippen LogP) is 2.08. The lowest BCUT2D eigenvalue weighted by Crippen LogP contribution is -2.21. The number of anilines is 1. The van der Waals surface area contributed by atoms with Gasteiger partial charge in [-0.2, -0.15) is 5.10 Å². The molecule has 16 heavy (non-hydrogen) atoms. The third kappa shape index (κ3) is 2.35. The standard InChI is InChI=1S/C12H14N4/c1-2-13-15-11-8-9-14-16-12(11)10-6-4-3-5-7-10/h3-9,13H,2H2,1H3,(H,14,15). The second-order valence-electron chi connectivity index (χ2n) is 3.31. The zero-order chi connectivity index (χ0) is 11.2. The van der Waals surface area contributed by atoms with Gasteiger partial charge in [0.25, 0.3) is 0 Å². The summed E-state index contributed by atoms with van der Waals surface area (Å²) in [4.78, 5) is 0. The van der Waals surface area contributed by atoms with Crippen LogP contribution in [0.3, 0.4) is 0 Å². The summed E-state index contributed by atoms with van der Waals surface area (Å²) in [5.74, 6) is 0. The van der Waals surface area contributed by atoms with Crippen molar-refractivity contribution in [1.82, 2.24) is 15.6 Å². The van der Waals surface area contributed by atoms with Gasteiger partial charge in [-0.1, -0.05) is 37.3 Å². The summed E-state index contributed by atoms with van der Waals surface area (Å²) in [6.45, 7) is 2.88. The minimum atomic E-state index is 0.844. The first-order valence-corrected chi connectivity index (χ1v) is 5.28. The monoisotopic (exact) mass is 214 g/mol. The molecule has 0 atom stereocenters. The third-order valence-electron chi connectivity index (χ3n) is 2.17. The maximum Gasteiger partial charge on any atom is 0.117 e. The van der Waals surface area contributed by atoms with Crippen molar-refractivity contribution in [1.29, 1.82) is 0 Å². The SMILES string of the molecule is CCNNc1ccnnc1-c1ccccc1. The Bertz CT molecular complexity index is 442. The van der Waals surface area contributed by atoms with E-state index in [0.717, 1.165) is 23.5 Å². The fourth-order valence-corrected chi connectivity index (χ4v) is 1.43. The molecule has 0 radical (unpaired) electrons. The van der Waals surface area contributed by atoms with Crippen LogP contribution in [0.5, 0.6) is 0 Å². The van der Waals surface area contributed by atoms with Crippen molar-refractivity contribution >= 4 is 5.69 Å². The van der Waals surface area contributed by atoms with Gasteiger partial charge < -0.3 is 5.43 Å². The highest BCUT2D eigenvalue weighted by molar-refractivity contribution is 5.72. The van der Waals surface area contributed by atoms with E-state index < -0.39 is 0 Å². The van der Waals surface area contributed by atoms with Crippen LogP contribution in [0.15, 0.2) is 42.6 Å². The van der Waals surface area contributed by atoms with Crippen molar-refractivity contribution in [2.24, 2.45) is 0 Å². The van der Waals surface area contributed by atoms with Crippen molar-refractivity contribution in [2.75, 3.05) is 12.0 Å². The molecule has 4 heteroatoms. The molecule has 2 aromatic rings. The Morgan fingerprint density at radius 2 is 1.94 bits per heavy atom. The van der Waals surface area contributed by atoms with E-state index >= 15 is 0 Å². The highest BCUT2D eigenvalue weighted by atomic mass is 15.4. The maximum absolute atomic E-state index is 4.15. The number of benzene rings is 1. The van der Waals surface area contributed by atoms with Crippen molar-refractivity contribution in [3.8, 4) is 11.3 Å². The first-order valence-electron chi connectivity index (χ1n) is 5.28. The van der Waals surface area contributed by atoms with Crippen LogP contribution in [0.2, 0.25) is 0 Å². The molecule has 2 N–H and O–H groups in total. The second-order valence-corrected chi connectivity index (χ2v) is 3.31. The summed E-state index contributed by atoms with van der Waals surface area (Å²) in [6, 6.07) is 11.9. The summed E-state index contributed by atoms with van der Waals surface area (Å²) < 4.78 is 0. The molecule has 0 bridgehead atoms. The fourth-order valence-electron chi connectivity index (χ4n) is 1.43. The first kappa shape index (κ1) is 10.6. The zero-order valence-corrected chi connectivity index (χ0v) is 9.14. The third-order valence-corrected chi connectivity index (χ3v) is 2.17. The van der Waals surface area contributed by atoms with E-state index in [2.05, 4.69) is 21.0 Å². The Morgan fingerprint density at radius 1 is 1.12 bits per heavy atom. The molecule has 0 spiro atoms. The van der Waals surface area contributed by atoms with E-state index in [4.69, 9.17) is 0 Å². The topological polar surface area (TPSA) is 49.8 Å². The molecule has 1 aromatic carbocycles. The van der Waals surface area contributed by atoms with Gasteiger partial charge >= 0.3 is 0 Å². The van der Waals surface area contributed by atoms with Crippen LogP contribution in [-0.4, -0.2) is 16.7 Å². The highest BCUT2D eigenvalue weighted by Crippen LogP contribution is 2.23. The molecule has 1 aromatic heterocycles. The predicted molar refractivity (Wildman–Crippen MR) is 64.8 cm³/mol. The van der Waals surface area contributed by atoms with Crippen LogP contribution in [0, 0.1) is 0 Å². The molecule has 2 rings (SSSR count). The molecule has 0 aliphatic heterocycles. The van der Waals surface area contributed by atoms with Gasteiger partial charge in [-0.05, 0) is 6.07 Å². The summed E-state index contributed by atoms with van der Waals surface area (Å²) in [5.41, 5.74) is 9.00. The van der Waals surface area contributed by atoms with Crippen LogP contribution in [0.4, 0.5) is 5.69 Å². The minimum absolute atomic E-state index is 0.844. The molecular weight excluding hydrogens is 200 g/mol. The zero-order valence-electron chi connectivity index (χ0n) is 9.14. The number of aromatic nitrogens is 2. The molecule has 0 aliphatic rings. The summed E-state index contributed by atoms with van der Waals surface area (Å²) >= 11 is 0. The Balaban J connectivity index is 2.33. The molecule has 0 aliphatic carbocycles. The van der Waals surface area contributed by atoms with Gasteiger partial charge in [0.15, 0.2) is 0 Å². The summed E-state index contributed by atoms with van der Waals surface area (Å²) in [7, 11) is 0. The van der Waals surface area contributed by atoms with Gasteiger partial charge in [-0.25, -0.2) is 5.43 Å². The summed E-state index contributed by atoms with van der Waals surface area (Å²) in [6.07, 6.45) is 1.67. The quantitative estimate of drug-likeness (QED) is 0.765. The van der Waals surface area contributed by atoms with E-state index in [1.165, 1.54) is 0 Å². The van der Waals surface area contributed by atoms with Gasteiger partial charge in [0, 0.05) is 12.1 Å². The lowest BCUT2D eigenvalue weighted by molar-refractivity contribution is 0.841. The van der Waals surface area contributed by atoms with Crippen molar-refractivity contribution in [3.05, 3.63) is 42.6 Å². The minimum Gasteiger partial charge on any atom is -0.319 e. The molecule has 1 heterocycles. The highest BCUT2D eigenvalue weighted by Gasteiger charge is 2.05. The first-order chi connectivity index (χ1) is 7.92. The molecule has 0 saturated carbocycles. The van der Waals surface area contributed by atoms with Crippen molar-refractivity contribution in [2.45, 2.75) is 6.92 Å². The van der Waals surface area contributed by atoms with Crippen LogP contribution in [0.1, 0.15) is 6.92 Å². The molecule has 82 valence electrons. The van der Waals surface area contributed by atoms with Gasteiger partial charge in [-0.3, -0.25) is 0 Å². The molecule has 4 nitrogen and oxygen atoms in total. The van der Waals surface area contributed by atoms with Gasteiger partial charge in [-0.15, -0.1) is 5.10 Å².